The van der Waals surface area contributed by atoms with Crippen LogP contribution in [0.2, 0.25) is 0 Å². The highest BCUT2D eigenvalue weighted by Crippen LogP contribution is 2.04. The predicted molar refractivity (Wildman–Crippen MR) is 67.1 cm³/mol. The summed E-state index contributed by atoms with van der Waals surface area (Å²) in [6, 6.07) is 9.75. The summed E-state index contributed by atoms with van der Waals surface area (Å²) < 4.78 is 1.53. The van der Waals surface area contributed by atoms with Crippen molar-refractivity contribution >= 4 is 11.2 Å². The van der Waals surface area contributed by atoms with Crippen molar-refractivity contribution in [3.8, 4) is 0 Å². The molecule has 0 radical (unpaired) electrons. The maximum atomic E-state index is 11.8. The van der Waals surface area contributed by atoms with E-state index in [0.29, 0.717) is 17.7 Å². The molecule has 3 rings (SSSR count). The first-order chi connectivity index (χ1) is 8.83. The number of hydrogen-bond donors (Lipinski definition) is 0. The van der Waals surface area contributed by atoms with Crippen LogP contribution in [0.15, 0.2) is 53.7 Å². The molecule has 5 nitrogen and oxygen atoms in total. The van der Waals surface area contributed by atoms with Crippen molar-refractivity contribution < 1.29 is 0 Å². The minimum absolute atomic E-state index is 0.313. The van der Waals surface area contributed by atoms with Gasteiger partial charge in [0.05, 0.1) is 6.54 Å². The Bertz CT molecular complexity index is 737. The highest BCUT2D eigenvalue weighted by molar-refractivity contribution is 5.67. The molecule has 18 heavy (non-hydrogen) atoms. The molecule has 0 unspecified atom stereocenters. The van der Waals surface area contributed by atoms with Gasteiger partial charge in [0.1, 0.15) is 5.52 Å². The third-order valence-corrected chi connectivity index (χ3v) is 2.63. The molecule has 3 aromatic rings. The van der Waals surface area contributed by atoms with Crippen LogP contribution >= 0.6 is 0 Å². The van der Waals surface area contributed by atoms with Crippen molar-refractivity contribution in [3.05, 3.63) is 65.0 Å². The fourth-order valence-electron chi connectivity index (χ4n) is 1.77. The Hall–Kier alpha value is -2.56. The van der Waals surface area contributed by atoms with Crippen LogP contribution < -0.4 is 5.69 Å². The Morgan fingerprint density at radius 1 is 1.06 bits per heavy atom. The standard InChI is InChI=1S/C13H10N4O/c18-13-16-12-11(14-6-7-15-12)9-17(13)8-10-4-2-1-3-5-10/h1-7,9H,8H2. The zero-order valence-electron chi connectivity index (χ0n) is 9.52. The minimum Gasteiger partial charge on any atom is -0.292 e. The van der Waals surface area contributed by atoms with E-state index >= 15 is 0 Å². The highest BCUT2D eigenvalue weighted by atomic mass is 16.1. The van der Waals surface area contributed by atoms with Crippen molar-refractivity contribution in [1.29, 1.82) is 0 Å². The van der Waals surface area contributed by atoms with Crippen LogP contribution in [-0.4, -0.2) is 19.5 Å². The number of rotatable bonds is 2. The quantitative estimate of drug-likeness (QED) is 0.673. The summed E-state index contributed by atoms with van der Waals surface area (Å²) in [5.74, 6) is 0. The normalized spacial score (nSPS) is 10.7. The van der Waals surface area contributed by atoms with Crippen LogP contribution in [0.5, 0.6) is 0 Å². The van der Waals surface area contributed by atoms with E-state index in [2.05, 4.69) is 15.0 Å². The first kappa shape index (κ1) is 10.6. The van der Waals surface area contributed by atoms with Gasteiger partial charge in [-0.15, -0.1) is 0 Å². The van der Waals surface area contributed by atoms with E-state index in [1.54, 1.807) is 12.4 Å². The lowest BCUT2D eigenvalue weighted by Gasteiger charge is -2.05. The van der Waals surface area contributed by atoms with Gasteiger partial charge >= 0.3 is 5.69 Å². The molecule has 88 valence electrons. The summed E-state index contributed by atoms with van der Waals surface area (Å²) >= 11 is 0. The van der Waals surface area contributed by atoms with Crippen LogP contribution in [0.3, 0.4) is 0 Å². The zero-order chi connectivity index (χ0) is 12.4. The average molecular weight is 238 g/mol. The Balaban J connectivity index is 2.07. The maximum Gasteiger partial charge on any atom is 0.350 e. The lowest BCUT2D eigenvalue weighted by atomic mass is 10.2. The van der Waals surface area contributed by atoms with Gasteiger partial charge in [-0.3, -0.25) is 4.57 Å². The van der Waals surface area contributed by atoms with Gasteiger partial charge in [0, 0.05) is 18.6 Å². The summed E-state index contributed by atoms with van der Waals surface area (Å²) in [4.78, 5) is 23.9. The largest absolute Gasteiger partial charge is 0.350 e. The maximum absolute atomic E-state index is 11.8. The highest BCUT2D eigenvalue weighted by Gasteiger charge is 2.03. The van der Waals surface area contributed by atoms with Gasteiger partial charge in [0.15, 0.2) is 5.65 Å². The molecule has 0 N–H and O–H groups in total. The Kier molecular flexibility index (Phi) is 2.57. The van der Waals surface area contributed by atoms with Gasteiger partial charge < -0.3 is 0 Å². The van der Waals surface area contributed by atoms with Gasteiger partial charge in [-0.05, 0) is 5.56 Å². The second-order valence-electron chi connectivity index (χ2n) is 3.90. The second-order valence-corrected chi connectivity index (χ2v) is 3.90. The molecule has 0 aliphatic carbocycles. The molecule has 0 aliphatic rings. The minimum atomic E-state index is -0.313. The predicted octanol–water partition coefficient (Wildman–Crippen LogP) is 1.23. The van der Waals surface area contributed by atoms with E-state index in [1.165, 1.54) is 10.8 Å². The molecule has 0 aliphatic heterocycles. The number of benzene rings is 1. The molecule has 0 saturated carbocycles. The van der Waals surface area contributed by atoms with Crippen molar-refractivity contribution in [3.63, 3.8) is 0 Å². The van der Waals surface area contributed by atoms with Crippen LogP contribution in [0.25, 0.3) is 11.2 Å². The van der Waals surface area contributed by atoms with E-state index < -0.39 is 0 Å². The van der Waals surface area contributed by atoms with Crippen LogP contribution in [0.4, 0.5) is 0 Å². The molecular weight excluding hydrogens is 228 g/mol. The van der Waals surface area contributed by atoms with E-state index in [1.807, 2.05) is 30.3 Å². The van der Waals surface area contributed by atoms with E-state index in [-0.39, 0.29) is 5.69 Å². The van der Waals surface area contributed by atoms with Crippen molar-refractivity contribution in [2.24, 2.45) is 0 Å². The average Bonchev–Trinajstić information content (AvgIpc) is 2.41. The van der Waals surface area contributed by atoms with Crippen LogP contribution in [0, 0.1) is 0 Å². The molecule has 0 spiro atoms. The molecule has 5 heteroatoms. The molecule has 1 aromatic carbocycles. The number of fused-ring (bicyclic) bond motifs is 1. The van der Waals surface area contributed by atoms with E-state index in [4.69, 9.17) is 0 Å². The van der Waals surface area contributed by atoms with Gasteiger partial charge in [-0.2, -0.15) is 4.98 Å². The van der Waals surface area contributed by atoms with E-state index in [9.17, 15) is 4.79 Å². The molecule has 2 heterocycles. The Morgan fingerprint density at radius 3 is 2.67 bits per heavy atom. The molecule has 0 amide bonds. The van der Waals surface area contributed by atoms with E-state index in [0.717, 1.165) is 5.56 Å². The van der Waals surface area contributed by atoms with Gasteiger partial charge in [-0.1, -0.05) is 30.3 Å². The van der Waals surface area contributed by atoms with Crippen molar-refractivity contribution in [2.45, 2.75) is 6.54 Å². The monoisotopic (exact) mass is 238 g/mol. The molecular formula is C13H10N4O. The van der Waals surface area contributed by atoms with Crippen LogP contribution in [-0.2, 0) is 6.54 Å². The number of nitrogens with zero attached hydrogens (tertiary/aromatic N) is 4. The van der Waals surface area contributed by atoms with Crippen molar-refractivity contribution in [1.82, 2.24) is 19.5 Å². The molecule has 0 saturated heterocycles. The smallest absolute Gasteiger partial charge is 0.292 e. The first-order valence-corrected chi connectivity index (χ1v) is 5.55. The van der Waals surface area contributed by atoms with Gasteiger partial charge in [-0.25, -0.2) is 14.8 Å². The van der Waals surface area contributed by atoms with Crippen LogP contribution in [0.1, 0.15) is 5.56 Å². The SMILES string of the molecule is O=c1nc2nccnc2cn1Cc1ccccc1. The summed E-state index contributed by atoms with van der Waals surface area (Å²) in [6.07, 6.45) is 4.79. The zero-order valence-corrected chi connectivity index (χ0v) is 9.52. The van der Waals surface area contributed by atoms with Crippen molar-refractivity contribution in [2.75, 3.05) is 0 Å². The lowest BCUT2D eigenvalue weighted by molar-refractivity contribution is 0.734. The Labute approximate surface area is 103 Å². The third-order valence-electron chi connectivity index (χ3n) is 2.63. The topological polar surface area (TPSA) is 60.7 Å². The van der Waals surface area contributed by atoms with Gasteiger partial charge in [0.25, 0.3) is 0 Å². The third kappa shape index (κ3) is 1.98. The van der Waals surface area contributed by atoms with Gasteiger partial charge in [0.2, 0.25) is 0 Å². The fourth-order valence-corrected chi connectivity index (χ4v) is 1.77. The summed E-state index contributed by atoms with van der Waals surface area (Å²) in [6.45, 7) is 0.485. The second kappa shape index (κ2) is 4.37. The Morgan fingerprint density at radius 2 is 1.83 bits per heavy atom. The first-order valence-electron chi connectivity index (χ1n) is 5.55. The molecule has 2 aromatic heterocycles. The molecule has 0 fully saturated rings. The summed E-state index contributed by atoms with van der Waals surface area (Å²) in [5, 5.41) is 0. The number of hydrogen-bond acceptors (Lipinski definition) is 4. The fraction of sp³-hybridized carbons (Fsp3) is 0.0769. The number of aromatic nitrogens is 4. The summed E-state index contributed by atoms with van der Waals surface area (Å²) in [5.41, 5.74) is 1.73. The summed E-state index contributed by atoms with van der Waals surface area (Å²) in [7, 11) is 0. The lowest BCUT2D eigenvalue weighted by Crippen LogP contribution is -2.23. The molecule has 0 bridgehead atoms. The molecule has 0 atom stereocenters.